The molecule has 2 aliphatic rings. The minimum absolute atomic E-state index is 0.0547. The van der Waals surface area contributed by atoms with Crippen LogP contribution in [0.15, 0.2) is 0 Å². The second-order valence-electron chi connectivity index (χ2n) is 5.32. The Labute approximate surface area is 102 Å². The van der Waals surface area contributed by atoms with E-state index in [1.54, 1.807) is 0 Å². The van der Waals surface area contributed by atoms with Crippen molar-refractivity contribution >= 4 is 23.1 Å². The van der Waals surface area contributed by atoms with Gasteiger partial charge in [0.15, 0.2) is 0 Å². The minimum atomic E-state index is -0.489. The van der Waals surface area contributed by atoms with Crippen LogP contribution in [0.25, 0.3) is 0 Å². The third-order valence-corrected chi connectivity index (χ3v) is 4.61. The molecule has 1 amide bonds. The van der Waals surface area contributed by atoms with Crippen molar-refractivity contribution in [3.05, 3.63) is 0 Å². The summed E-state index contributed by atoms with van der Waals surface area (Å²) < 4.78 is 0. The molecular weight excluding hydrogens is 220 g/mol. The molecule has 0 heterocycles. The smallest absolute Gasteiger partial charge is 0.233 e. The van der Waals surface area contributed by atoms with E-state index in [0.717, 1.165) is 25.3 Å². The Morgan fingerprint density at radius 3 is 2.62 bits per heavy atom. The third kappa shape index (κ3) is 2.08. The summed E-state index contributed by atoms with van der Waals surface area (Å²) >= 11 is 4.96. The highest BCUT2D eigenvalue weighted by atomic mass is 32.1. The summed E-state index contributed by atoms with van der Waals surface area (Å²) in [6.07, 6.45) is 5.48. The first kappa shape index (κ1) is 11.8. The molecule has 2 atom stereocenters. The predicted octanol–water partition coefficient (Wildman–Crippen LogP) is 1.61. The number of rotatable bonds is 4. The van der Waals surface area contributed by atoms with Crippen LogP contribution >= 0.6 is 12.2 Å². The quantitative estimate of drug-likeness (QED) is 0.734. The van der Waals surface area contributed by atoms with E-state index in [1.807, 2.05) is 0 Å². The van der Waals surface area contributed by atoms with Crippen molar-refractivity contribution < 1.29 is 4.79 Å². The molecule has 0 spiro atoms. The van der Waals surface area contributed by atoms with Gasteiger partial charge in [0.1, 0.15) is 0 Å². The second kappa shape index (κ2) is 4.32. The molecule has 0 aromatic carbocycles. The maximum absolute atomic E-state index is 12.0. The largest absolute Gasteiger partial charge is 0.392 e. The molecule has 0 aromatic heterocycles. The third-order valence-electron chi connectivity index (χ3n) is 4.22. The van der Waals surface area contributed by atoms with Crippen molar-refractivity contribution in [3.63, 3.8) is 0 Å². The van der Waals surface area contributed by atoms with Gasteiger partial charge in [-0.1, -0.05) is 32.0 Å². The van der Waals surface area contributed by atoms with E-state index in [1.165, 1.54) is 19.3 Å². The average molecular weight is 240 g/mol. The van der Waals surface area contributed by atoms with E-state index >= 15 is 0 Å². The Hall–Kier alpha value is -0.640. The molecule has 2 aliphatic carbocycles. The van der Waals surface area contributed by atoms with Crippen LogP contribution in [0.2, 0.25) is 0 Å². The van der Waals surface area contributed by atoms with Crippen LogP contribution in [0.3, 0.4) is 0 Å². The molecule has 0 saturated heterocycles. The minimum Gasteiger partial charge on any atom is -0.392 e. The second-order valence-corrected chi connectivity index (χ2v) is 5.76. The molecule has 16 heavy (non-hydrogen) atoms. The Balaban J connectivity index is 1.82. The van der Waals surface area contributed by atoms with E-state index in [9.17, 15) is 4.79 Å². The maximum atomic E-state index is 12.0. The fraction of sp³-hybridized carbons (Fsp3) is 0.833. The van der Waals surface area contributed by atoms with E-state index in [0.29, 0.717) is 10.9 Å². The number of thiocarbonyl (C=S) groups is 1. The van der Waals surface area contributed by atoms with Gasteiger partial charge in [-0.3, -0.25) is 4.79 Å². The number of amides is 1. The van der Waals surface area contributed by atoms with Crippen molar-refractivity contribution in [2.45, 2.75) is 39.0 Å². The highest BCUT2D eigenvalue weighted by molar-refractivity contribution is 7.80. The number of hydrogen-bond acceptors (Lipinski definition) is 2. The van der Waals surface area contributed by atoms with Gasteiger partial charge in [0, 0.05) is 6.54 Å². The molecule has 0 aliphatic heterocycles. The summed E-state index contributed by atoms with van der Waals surface area (Å²) in [7, 11) is 0. The van der Waals surface area contributed by atoms with Gasteiger partial charge in [0.2, 0.25) is 5.91 Å². The van der Waals surface area contributed by atoms with Gasteiger partial charge in [0.05, 0.1) is 10.4 Å². The van der Waals surface area contributed by atoms with Crippen LogP contribution < -0.4 is 11.1 Å². The maximum Gasteiger partial charge on any atom is 0.233 e. The first-order valence-corrected chi connectivity index (χ1v) is 6.55. The zero-order chi connectivity index (χ0) is 11.8. The molecule has 4 heteroatoms. The van der Waals surface area contributed by atoms with E-state index < -0.39 is 5.41 Å². The van der Waals surface area contributed by atoms with Gasteiger partial charge in [-0.05, 0) is 31.1 Å². The summed E-state index contributed by atoms with van der Waals surface area (Å²) in [6, 6.07) is 0. The number of nitrogens with two attached hydrogens (primary N) is 1. The Morgan fingerprint density at radius 1 is 1.50 bits per heavy atom. The monoisotopic (exact) mass is 240 g/mol. The molecule has 3 nitrogen and oxygen atoms in total. The van der Waals surface area contributed by atoms with Crippen LogP contribution in [0.1, 0.15) is 39.0 Å². The molecular formula is C12H20N2OS. The van der Waals surface area contributed by atoms with Crippen LogP contribution in [0, 0.1) is 17.3 Å². The molecule has 0 radical (unpaired) electrons. The number of carbonyl (C=O) groups excluding carboxylic acids is 1. The highest BCUT2D eigenvalue weighted by Gasteiger charge is 2.52. The predicted molar refractivity (Wildman–Crippen MR) is 68.0 cm³/mol. The van der Waals surface area contributed by atoms with Crippen molar-refractivity contribution in [1.82, 2.24) is 5.32 Å². The zero-order valence-corrected chi connectivity index (χ0v) is 10.6. The fourth-order valence-electron chi connectivity index (χ4n) is 2.63. The number of nitrogens with one attached hydrogen (secondary N) is 1. The number of carbonyl (C=O) groups is 1. The zero-order valence-electron chi connectivity index (χ0n) is 9.79. The van der Waals surface area contributed by atoms with Crippen molar-refractivity contribution in [2.75, 3.05) is 6.54 Å². The van der Waals surface area contributed by atoms with Crippen LogP contribution in [-0.4, -0.2) is 17.4 Å². The van der Waals surface area contributed by atoms with Gasteiger partial charge in [-0.15, -0.1) is 0 Å². The molecule has 3 N–H and O–H groups in total. The summed E-state index contributed by atoms with van der Waals surface area (Å²) in [4.78, 5) is 12.3. The Morgan fingerprint density at radius 2 is 2.19 bits per heavy atom. The Bertz CT molecular complexity index is 312. The van der Waals surface area contributed by atoms with Crippen LogP contribution in [0.5, 0.6) is 0 Å². The topological polar surface area (TPSA) is 55.1 Å². The van der Waals surface area contributed by atoms with Crippen LogP contribution in [0.4, 0.5) is 0 Å². The standard InChI is InChI=1S/C12H20N2OS/c1-8-3-2-4-9(8)7-14-11(15)12(5-6-12)10(13)16/h8-9H,2-7H2,1H3,(H2,13,16)(H,14,15). The lowest BCUT2D eigenvalue weighted by atomic mass is 9.97. The lowest BCUT2D eigenvalue weighted by Crippen LogP contribution is -2.41. The SMILES string of the molecule is CC1CCCC1CNC(=O)C1(C(N)=S)CC1. The molecule has 2 rings (SSSR count). The van der Waals surface area contributed by atoms with Crippen molar-refractivity contribution in [3.8, 4) is 0 Å². The van der Waals surface area contributed by atoms with E-state index in [2.05, 4.69) is 12.2 Å². The normalized spacial score (nSPS) is 31.1. The summed E-state index contributed by atoms with van der Waals surface area (Å²) in [5.41, 5.74) is 5.13. The highest BCUT2D eigenvalue weighted by Crippen LogP contribution is 2.46. The van der Waals surface area contributed by atoms with E-state index in [4.69, 9.17) is 18.0 Å². The molecule has 90 valence electrons. The molecule has 2 fully saturated rings. The van der Waals surface area contributed by atoms with Gasteiger partial charge in [0.25, 0.3) is 0 Å². The van der Waals surface area contributed by atoms with Gasteiger partial charge in [-0.25, -0.2) is 0 Å². The molecule has 0 bridgehead atoms. The molecule has 2 unspecified atom stereocenters. The van der Waals surface area contributed by atoms with Gasteiger partial charge in [-0.2, -0.15) is 0 Å². The Kier molecular flexibility index (Phi) is 3.19. The number of hydrogen-bond donors (Lipinski definition) is 2. The van der Waals surface area contributed by atoms with Crippen molar-refractivity contribution in [2.24, 2.45) is 23.0 Å². The lowest BCUT2D eigenvalue weighted by Gasteiger charge is -2.19. The average Bonchev–Trinajstić information content (AvgIpc) is 2.95. The summed E-state index contributed by atoms with van der Waals surface area (Å²) in [6.45, 7) is 3.06. The summed E-state index contributed by atoms with van der Waals surface area (Å²) in [5.74, 6) is 1.44. The molecule has 2 saturated carbocycles. The van der Waals surface area contributed by atoms with Crippen LogP contribution in [-0.2, 0) is 4.79 Å². The first-order chi connectivity index (χ1) is 7.56. The van der Waals surface area contributed by atoms with Gasteiger partial charge < -0.3 is 11.1 Å². The summed E-state index contributed by atoms with van der Waals surface area (Å²) in [5, 5.41) is 3.03. The first-order valence-electron chi connectivity index (χ1n) is 6.14. The lowest BCUT2D eigenvalue weighted by molar-refractivity contribution is -0.124. The van der Waals surface area contributed by atoms with Gasteiger partial charge >= 0.3 is 0 Å². The van der Waals surface area contributed by atoms with Crippen molar-refractivity contribution in [1.29, 1.82) is 0 Å². The molecule has 0 aromatic rings. The fourth-order valence-corrected chi connectivity index (χ4v) is 2.93. The van der Waals surface area contributed by atoms with E-state index in [-0.39, 0.29) is 5.91 Å².